The van der Waals surface area contributed by atoms with Crippen molar-refractivity contribution in [3.05, 3.63) is 64.6 Å². The number of hydrogen-bond donors (Lipinski definition) is 1. The highest BCUT2D eigenvalue weighted by molar-refractivity contribution is 5.93. The minimum atomic E-state index is -0.581. The highest BCUT2D eigenvalue weighted by Crippen LogP contribution is 2.18. The van der Waals surface area contributed by atoms with Crippen molar-refractivity contribution in [2.24, 2.45) is 5.34 Å². The van der Waals surface area contributed by atoms with E-state index in [9.17, 15) is 14.5 Å². The van der Waals surface area contributed by atoms with E-state index in [0.717, 1.165) is 0 Å². The Bertz CT molecular complexity index is 713. The Labute approximate surface area is 132 Å². The van der Waals surface area contributed by atoms with E-state index in [4.69, 9.17) is 4.74 Å². The smallest absolute Gasteiger partial charge is 0.343 e. The van der Waals surface area contributed by atoms with Crippen LogP contribution in [0.5, 0.6) is 5.75 Å². The van der Waals surface area contributed by atoms with Crippen LogP contribution in [0.1, 0.15) is 22.8 Å². The summed E-state index contributed by atoms with van der Waals surface area (Å²) in [6.07, 6.45) is 0. The number of carbonyl (C=O) groups excluding carboxylic acids is 2. The molecule has 0 saturated heterocycles. The Balaban J connectivity index is 2.09. The third-order valence-electron chi connectivity index (χ3n) is 2.90. The van der Waals surface area contributed by atoms with Gasteiger partial charge in [-0.2, -0.15) is 0 Å². The molecule has 2 rings (SSSR count). The van der Waals surface area contributed by atoms with Crippen LogP contribution in [-0.4, -0.2) is 11.9 Å². The molecule has 1 amide bonds. The third kappa shape index (κ3) is 4.63. The molecular weight excluding hydrogens is 300 g/mol. The van der Waals surface area contributed by atoms with Crippen LogP contribution < -0.4 is 10.1 Å². The zero-order chi connectivity index (χ0) is 16.7. The Hall–Kier alpha value is -3.22. The number of ether oxygens (including phenoxy) is 1. The molecule has 0 unspecified atom stereocenters. The van der Waals surface area contributed by atoms with Crippen LogP contribution in [0.4, 0.5) is 5.69 Å². The molecule has 0 fully saturated rings. The summed E-state index contributed by atoms with van der Waals surface area (Å²) in [5, 5.41) is 4.93. The van der Waals surface area contributed by atoms with Crippen molar-refractivity contribution in [3.8, 4) is 5.75 Å². The van der Waals surface area contributed by atoms with Gasteiger partial charge in [0.15, 0.2) is 5.34 Å². The molecule has 7 nitrogen and oxygen atoms in total. The molecule has 7 heteroatoms. The lowest BCUT2D eigenvalue weighted by Gasteiger charge is -2.09. The second-order valence-electron chi connectivity index (χ2n) is 4.60. The van der Waals surface area contributed by atoms with Gasteiger partial charge in [0.25, 0.3) is 0 Å². The predicted octanol–water partition coefficient (Wildman–Crippen LogP) is 3.06. The van der Waals surface area contributed by atoms with Crippen molar-refractivity contribution in [1.29, 1.82) is 0 Å². The molecule has 0 atom stereocenters. The van der Waals surface area contributed by atoms with Crippen LogP contribution in [0, 0.1) is 4.91 Å². The number of benzene rings is 2. The summed E-state index contributed by atoms with van der Waals surface area (Å²) in [6.45, 7) is 1.29. The van der Waals surface area contributed by atoms with Gasteiger partial charge in [-0.3, -0.25) is 4.79 Å². The maximum absolute atomic E-state index is 12.2. The third-order valence-corrected chi connectivity index (χ3v) is 2.90. The minimum Gasteiger partial charge on any atom is -0.423 e. The van der Waals surface area contributed by atoms with Crippen molar-refractivity contribution >= 4 is 17.6 Å². The van der Waals surface area contributed by atoms with Gasteiger partial charge in [0.2, 0.25) is 5.91 Å². The monoisotopic (exact) mass is 314 g/mol. The highest BCUT2D eigenvalue weighted by atomic mass is 16.7. The van der Waals surface area contributed by atoms with Gasteiger partial charge >= 0.3 is 5.97 Å². The predicted molar refractivity (Wildman–Crippen MR) is 82.7 cm³/mol. The van der Waals surface area contributed by atoms with E-state index >= 15 is 0 Å². The topological polar surface area (TPSA) is 94.1 Å². The van der Waals surface area contributed by atoms with E-state index in [0.29, 0.717) is 17.0 Å². The molecule has 0 aliphatic carbocycles. The molecule has 0 radical (unpaired) electrons. The van der Waals surface area contributed by atoms with Crippen molar-refractivity contribution in [2.45, 2.75) is 13.5 Å². The van der Waals surface area contributed by atoms with E-state index < -0.39 is 5.97 Å². The summed E-state index contributed by atoms with van der Waals surface area (Å²) in [4.78, 5) is 37.6. The van der Waals surface area contributed by atoms with Crippen LogP contribution in [0.3, 0.4) is 0 Å². The van der Waals surface area contributed by atoms with E-state index in [1.165, 1.54) is 6.92 Å². The average molecular weight is 314 g/mol. The summed E-state index contributed by atoms with van der Waals surface area (Å²) >= 11 is 0. The van der Waals surface area contributed by atoms with Crippen LogP contribution in [0.25, 0.3) is 0 Å². The van der Waals surface area contributed by atoms with Gasteiger partial charge in [-0.15, -0.1) is 4.91 Å². The summed E-state index contributed by atoms with van der Waals surface area (Å²) < 4.78 is 5.27. The van der Waals surface area contributed by atoms with Crippen molar-refractivity contribution in [2.75, 3.05) is 5.32 Å². The first-order valence-corrected chi connectivity index (χ1v) is 6.72. The number of carbonyl (C=O) groups is 2. The van der Waals surface area contributed by atoms with Crippen LogP contribution in [-0.2, 0) is 16.2 Å². The Kier molecular flexibility index (Phi) is 5.40. The van der Waals surface area contributed by atoms with Crippen molar-refractivity contribution in [1.82, 2.24) is 0 Å². The highest BCUT2D eigenvalue weighted by Gasteiger charge is 2.14. The number of esters is 1. The standard InChI is InChI=1S/C16H14N2O5/c1-11(19)17-13-6-8-14(9-7-13)23-16(20)15-5-3-2-4-12(15)10-22-18-21/h2-9H,10H2,1H3,(H,17,19). The number of anilines is 1. The fourth-order valence-electron chi connectivity index (χ4n) is 1.91. The Morgan fingerprint density at radius 1 is 1.09 bits per heavy atom. The van der Waals surface area contributed by atoms with Crippen LogP contribution in [0.15, 0.2) is 53.9 Å². The molecule has 1 N–H and O–H groups in total. The molecule has 23 heavy (non-hydrogen) atoms. The largest absolute Gasteiger partial charge is 0.423 e. The molecule has 0 aliphatic rings. The molecule has 0 aliphatic heterocycles. The van der Waals surface area contributed by atoms with Crippen LogP contribution in [0.2, 0.25) is 0 Å². The molecule has 118 valence electrons. The number of nitrogens with one attached hydrogen (secondary N) is 1. The summed E-state index contributed by atoms with van der Waals surface area (Å²) in [7, 11) is 0. The van der Waals surface area contributed by atoms with Gasteiger partial charge in [0.1, 0.15) is 12.4 Å². The molecule has 0 spiro atoms. The normalized spacial score (nSPS) is 9.78. The van der Waals surface area contributed by atoms with E-state index in [-0.39, 0.29) is 18.1 Å². The first-order chi connectivity index (χ1) is 11.1. The fraction of sp³-hybridized carbons (Fsp3) is 0.125. The minimum absolute atomic E-state index is 0.115. The van der Waals surface area contributed by atoms with E-state index in [1.807, 2.05) is 0 Å². The second-order valence-corrected chi connectivity index (χ2v) is 4.60. The molecule has 2 aromatic rings. The SMILES string of the molecule is CC(=O)Nc1ccc(OC(=O)c2ccccc2CON=O)cc1. The molecule has 0 heterocycles. The Morgan fingerprint density at radius 2 is 1.78 bits per heavy atom. The Morgan fingerprint density at radius 3 is 2.43 bits per heavy atom. The maximum atomic E-state index is 12.2. The first kappa shape index (κ1) is 16.2. The summed E-state index contributed by atoms with van der Waals surface area (Å²) in [6, 6.07) is 13.0. The lowest BCUT2D eigenvalue weighted by Crippen LogP contribution is -2.12. The van der Waals surface area contributed by atoms with Gasteiger partial charge in [0.05, 0.1) is 5.56 Å². The lowest BCUT2D eigenvalue weighted by atomic mass is 10.1. The van der Waals surface area contributed by atoms with Gasteiger partial charge in [-0.05, 0) is 30.3 Å². The van der Waals surface area contributed by atoms with E-state index in [1.54, 1.807) is 48.5 Å². The lowest BCUT2D eigenvalue weighted by molar-refractivity contribution is -0.114. The van der Waals surface area contributed by atoms with Crippen LogP contribution >= 0.6 is 0 Å². The zero-order valence-corrected chi connectivity index (χ0v) is 12.3. The average Bonchev–Trinajstić information content (AvgIpc) is 2.54. The first-order valence-electron chi connectivity index (χ1n) is 6.72. The van der Waals surface area contributed by atoms with Gasteiger partial charge in [0, 0.05) is 18.2 Å². The van der Waals surface area contributed by atoms with Gasteiger partial charge in [-0.1, -0.05) is 18.2 Å². The van der Waals surface area contributed by atoms with Gasteiger partial charge in [-0.25, -0.2) is 4.79 Å². The number of nitrogens with zero attached hydrogens (tertiary/aromatic N) is 1. The van der Waals surface area contributed by atoms with E-state index in [2.05, 4.69) is 15.5 Å². The van der Waals surface area contributed by atoms with Crippen molar-refractivity contribution < 1.29 is 19.2 Å². The quantitative estimate of drug-likeness (QED) is 0.383. The molecule has 0 bridgehead atoms. The number of hydrogen-bond acceptors (Lipinski definition) is 6. The molecular formula is C16H14N2O5. The maximum Gasteiger partial charge on any atom is 0.343 e. The number of rotatable bonds is 6. The molecule has 0 aromatic heterocycles. The fourth-order valence-corrected chi connectivity index (χ4v) is 1.91. The molecule has 2 aromatic carbocycles. The van der Waals surface area contributed by atoms with Crippen molar-refractivity contribution in [3.63, 3.8) is 0 Å². The number of amides is 1. The molecule has 0 saturated carbocycles. The summed E-state index contributed by atoms with van der Waals surface area (Å²) in [5.41, 5.74) is 1.37. The second kappa shape index (κ2) is 7.69. The summed E-state index contributed by atoms with van der Waals surface area (Å²) in [5.74, 6) is -0.442. The zero-order valence-electron chi connectivity index (χ0n) is 12.3. The van der Waals surface area contributed by atoms with Gasteiger partial charge < -0.3 is 14.9 Å².